The van der Waals surface area contributed by atoms with Crippen molar-refractivity contribution in [2.75, 3.05) is 43.6 Å². The summed E-state index contributed by atoms with van der Waals surface area (Å²) in [6, 6.07) is 0. The molecule has 1 saturated heterocycles. The lowest BCUT2D eigenvalue weighted by molar-refractivity contribution is 0.122. The van der Waals surface area contributed by atoms with E-state index < -0.39 is 0 Å². The molecular formula is C11H16N4OS. The molecule has 1 fully saturated rings. The number of rotatable bonds is 2. The first-order valence-corrected chi connectivity index (χ1v) is 7.02. The van der Waals surface area contributed by atoms with E-state index >= 15 is 0 Å². The molecule has 0 aliphatic carbocycles. The van der Waals surface area contributed by atoms with Crippen LogP contribution in [0.15, 0.2) is 0 Å². The first-order valence-electron chi connectivity index (χ1n) is 5.86. The number of anilines is 2. The minimum absolute atomic E-state index is 0.768. The summed E-state index contributed by atoms with van der Waals surface area (Å²) in [5.74, 6) is 3.86. The summed E-state index contributed by atoms with van der Waals surface area (Å²) < 4.78 is 5.35. The van der Waals surface area contributed by atoms with Crippen LogP contribution in [-0.4, -0.2) is 43.3 Å². The highest BCUT2D eigenvalue weighted by Gasteiger charge is 2.22. The normalized spacial score (nSPS) is 19.2. The maximum Gasteiger partial charge on any atom is 0.227 e. The van der Waals surface area contributed by atoms with Gasteiger partial charge >= 0.3 is 0 Å². The predicted octanol–water partition coefficient (Wildman–Crippen LogP) is 1.10. The third-order valence-electron chi connectivity index (χ3n) is 3.10. The summed E-state index contributed by atoms with van der Waals surface area (Å²) in [5, 5.41) is 3.18. The van der Waals surface area contributed by atoms with E-state index in [1.54, 1.807) is 0 Å². The van der Waals surface area contributed by atoms with E-state index in [1.165, 1.54) is 11.3 Å². The van der Waals surface area contributed by atoms with Crippen LogP contribution in [0, 0.1) is 0 Å². The molecule has 0 atom stereocenters. The van der Waals surface area contributed by atoms with Crippen LogP contribution in [-0.2, 0) is 16.2 Å². The maximum atomic E-state index is 5.35. The zero-order valence-electron chi connectivity index (χ0n) is 9.90. The van der Waals surface area contributed by atoms with E-state index in [4.69, 9.17) is 4.74 Å². The lowest BCUT2D eigenvalue weighted by atomic mass is 10.2. The van der Waals surface area contributed by atoms with Gasteiger partial charge in [-0.1, -0.05) is 0 Å². The van der Waals surface area contributed by atoms with Crippen LogP contribution in [0.25, 0.3) is 0 Å². The Balaban J connectivity index is 1.94. The van der Waals surface area contributed by atoms with E-state index in [-0.39, 0.29) is 0 Å². The minimum Gasteiger partial charge on any atom is -0.378 e. The van der Waals surface area contributed by atoms with Crippen molar-refractivity contribution in [2.45, 2.75) is 11.5 Å². The number of hydrogen-bond acceptors (Lipinski definition) is 6. The Morgan fingerprint density at radius 1 is 1.24 bits per heavy atom. The third kappa shape index (κ3) is 2.07. The summed E-state index contributed by atoms with van der Waals surface area (Å²) in [7, 11) is 1.93. The number of thioether (sulfide) groups is 1. The largest absolute Gasteiger partial charge is 0.378 e. The van der Waals surface area contributed by atoms with Crippen molar-refractivity contribution in [1.29, 1.82) is 0 Å². The molecule has 2 aliphatic heterocycles. The number of nitrogens with zero attached hydrogens (tertiary/aromatic N) is 3. The van der Waals surface area contributed by atoms with Crippen molar-refractivity contribution in [1.82, 2.24) is 9.97 Å². The molecule has 5 nitrogen and oxygen atoms in total. The second-order valence-corrected chi connectivity index (χ2v) is 5.13. The molecule has 17 heavy (non-hydrogen) atoms. The molecule has 2 aliphatic rings. The van der Waals surface area contributed by atoms with Gasteiger partial charge in [0.05, 0.1) is 18.9 Å². The third-order valence-corrected chi connectivity index (χ3v) is 4.07. The molecule has 6 heteroatoms. The van der Waals surface area contributed by atoms with E-state index in [0.717, 1.165) is 49.6 Å². The first kappa shape index (κ1) is 11.1. The van der Waals surface area contributed by atoms with E-state index in [2.05, 4.69) is 20.2 Å². The van der Waals surface area contributed by atoms with Crippen LogP contribution in [0.1, 0.15) is 11.3 Å². The van der Waals surface area contributed by atoms with Gasteiger partial charge in [-0.05, 0) is 0 Å². The van der Waals surface area contributed by atoms with Gasteiger partial charge in [-0.15, -0.1) is 0 Å². The van der Waals surface area contributed by atoms with Crippen LogP contribution in [0.4, 0.5) is 11.8 Å². The van der Waals surface area contributed by atoms with Crippen molar-refractivity contribution in [3.63, 3.8) is 0 Å². The lowest BCUT2D eigenvalue weighted by Gasteiger charge is -2.27. The van der Waals surface area contributed by atoms with Crippen molar-refractivity contribution in [3.05, 3.63) is 11.3 Å². The molecule has 0 amide bonds. The van der Waals surface area contributed by atoms with Crippen molar-refractivity contribution in [3.8, 4) is 0 Å². The van der Waals surface area contributed by atoms with Gasteiger partial charge in [0.25, 0.3) is 0 Å². The fourth-order valence-corrected chi connectivity index (χ4v) is 3.19. The Labute approximate surface area is 105 Å². The number of hydrogen-bond donors (Lipinski definition) is 1. The zero-order chi connectivity index (χ0) is 11.7. The molecule has 0 radical (unpaired) electrons. The fourth-order valence-electron chi connectivity index (χ4n) is 2.15. The summed E-state index contributed by atoms with van der Waals surface area (Å²) in [6.07, 6.45) is 0. The standard InChI is InChI=1S/C11H16N4OS/c1-12-10-8-6-17-7-9(8)13-11(14-10)15-2-4-16-5-3-15/h2-7H2,1H3,(H,12,13,14). The molecule has 1 aromatic heterocycles. The average molecular weight is 252 g/mol. The highest BCUT2D eigenvalue weighted by Crippen LogP contribution is 2.33. The Bertz CT molecular complexity index is 420. The van der Waals surface area contributed by atoms with E-state index in [0.29, 0.717) is 0 Å². The minimum atomic E-state index is 0.768. The molecule has 92 valence electrons. The SMILES string of the molecule is CNc1nc(N2CCOCC2)nc2c1CSC2. The van der Waals surface area contributed by atoms with Gasteiger partial charge in [-0.2, -0.15) is 16.7 Å². The molecule has 1 N–H and O–H groups in total. The molecular weight excluding hydrogens is 236 g/mol. The van der Waals surface area contributed by atoms with Gasteiger partial charge in [0.1, 0.15) is 5.82 Å². The van der Waals surface area contributed by atoms with Crippen molar-refractivity contribution < 1.29 is 4.74 Å². The lowest BCUT2D eigenvalue weighted by Crippen LogP contribution is -2.37. The highest BCUT2D eigenvalue weighted by atomic mass is 32.2. The van der Waals surface area contributed by atoms with Gasteiger partial charge in [0.2, 0.25) is 5.95 Å². The number of fused-ring (bicyclic) bond motifs is 1. The topological polar surface area (TPSA) is 50.3 Å². The van der Waals surface area contributed by atoms with Gasteiger partial charge in [0, 0.05) is 37.2 Å². The van der Waals surface area contributed by atoms with Crippen LogP contribution >= 0.6 is 11.8 Å². The number of morpholine rings is 1. The van der Waals surface area contributed by atoms with Crippen LogP contribution in [0.5, 0.6) is 0 Å². The Kier molecular flexibility index (Phi) is 3.07. The van der Waals surface area contributed by atoms with Gasteiger partial charge in [-0.25, -0.2) is 4.98 Å². The van der Waals surface area contributed by atoms with Crippen molar-refractivity contribution >= 4 is 23.5 Å². The van der Waals surface area contributed by atoms with E-state index in [9.17, 15) is 0 Å². The number of nitrogens with one attached hydrogen (secondary N) is 1. The number of aromatic nitrogens is 2. The van der Waals surface area contributed by atoms with Crippen LogP contribution < -0.4 is 10.2 Å². The smallest absolute Gasteiger partial charge is 0.227 e. The molecule has 0 aromatic carbocycles. The maximum absolute atomic E-state index is 5.35. The fraction of sp³-hybridized carbons (Fsp3) is 0.636. The second-order valence-electron chi connectivity index (χ2n) is 4.14. The van der Waals surface area contributed by atoms with Gasteiger partial charge < -0.3 is 15.0 Å². The molecule has 0 unspecified atom stereocenters. The van der Waals surface area contributed by atoms with E-state index in [1.807, 2.05) is 18.8 Å². The molecule has 0 spiro atoms. The van der Waals surface area contributed by atoms with Crippen LogP contribution in [0.3, 0.4) is 0 Å². The quantitative estimate of drug-likeness (QED) is 0.850. The Hall–Kier alpha value is -1.01. The van der Waals surface area contributed by atoms with Gasteiger partial charge in [0.15, 0.2) is 0 Å². The molecule has 0 bridgehead atoms. The average Bonchev–Trinajstić information content (AvgIpc) is 2.86. The Morgan fingerprint density at radius 3 is 2.82 bits per heavy atom. The monoisotopic (exact) mass is 252 g/mol. The summed E-state index contributed by atoms with van der Waals surface area (Å²) in [4.78, 5) is 11.5. The zero-order valence-corrected chi connectivity index (χ0v) is 10.7. The first-order chi connectivity index (χ1) is 8.38. The second kappa shape index (κ2) is 4.70. The summed E-state index contributed by atoms with van der Waals surface area (Å²) in [6.45, 7) is 3.30. The highest BCUT2D eigenvalue weighted by molar-refractivity contribution is 7.98. The summed E-state index contributed by atoms with van der Waals surface area (Å²) in [5.41, 5.74) is 2.46. The molecule has 1 aromatic rings. The Morgan fingerprint density at radius 2 is 2.06 bits per heavy atom. The predicted molar refractivity (Wildman–Crippen MR) is 69.6 cm³/mol. The van der Waals surface area contributed by atoms with Crippen LogP contribution in [0.2, 0.25) is 0 Å². The summed E-state index contributed by atoms with van der Waals surface area (Å²) >= 11 is 1.90. The number of ether oxygens (including phenoxy) is 1. The molecule has 3 heterocycles. The van der Waals surface area contributed by atoms with Crippen molar-refractivity contribution in [2.24, 2.45) is 0 Å². The molecule has 0 saturated carbocycles. The molecule has 3 rings (SSSR count). The van der Waals surface area contributed by atoms with Gasteiger partial charge in [-0.3, -0.25) is 0 Å².